The molecule has 15 heavy (non-hydrogen) atoms. The van der Waals surface area contributed by atoms with E-state index in [0.717, 1.165) is 0 Å². The Balaban J connectivity index is 2.20. The number of nitrogens with zero attached hydrogens (tertiary/aromatic N) is 3. The average Bonchev–Trinajstić information content (AvgIpc) is 2.62. The Morgan fingerprint density at radius 1 is 1.60 bits per heavy atom. The van der Waals surface area contributed by atoms with Crippen LogP contribution in [0.5, 0.6) is 0 Å². The van der Waals surface area contributed by atoms with Crippen molar-refractivity contribution in [2.45, 2.75) is 38.8 Å². The van der Waals surface area contributed by atoms with E-state index >= 15 is 0 Å². The lowest BCUT2D eigenvalue weighted by Crippen LogP contribution is -2.34. The number of hydrogen-bond donors (Lipinski definition) is 3. The first-order valence-electron chi connectivity index (χ1n) is 4.75. The molecule has 0 saturated heterocycles. The molecule has 0 aliphatic carbocycles. The van der Waals surface area contributed by atoms with Gasteiger partial charge in [0.25, 0.3) is 0 Å². The van der Waals surface area contributed by atoms with Gasteiger partial charge >= 0.3 is 0 Å². The standard InChI is InChI=1S/C8H16N6O/c1-8(2,9)4-3-7(15)10-5-6-11-13-14-12-6/h3-5,9H2,1-2H3,(H,10,15)(H,11,12,13,14). The van der Waals surface area contributed by atoms with Gasteiger partial charge in [-0.3, -0.25) is 4.79 Å². The highest BCUT2D eigenvalue weighted by atomic mass is 16.1. The maximum absolute atomic E-state index is 11.3. The summed E-state index contributed by atoms with van der Waals surface area (Å²) in [7, 11) is 0. The largest absolute Gasteiger partial charge is 0.349 e. The van der Waals surface area contributed by atoms with Gasteiger partial charge in [-0.25, -0.2) is 0 Å². The number of H-pyrrole nitrogens is 1. The van der Waals surface area contributed by atoms with Crippen LogP contribution in [-0.4, -0.2) is 32.1 Å². The van der Waals surface area contributed by atoms with Gasteiger partial charge in [-0.1, -0.05) is 5.21 Å². The summed E-state index contributed by atoms with van der Waals surface area (Å²) in [5.74, 6) is 0.411. The first-order chi connectivity index (χ1) is 6.97. The molecule has 84 valence electrons. The first kappa shape index (κ1) is 11.6. The van der Waals surface area contributed by atoms with Crippen LogP contribution in [0.1, 0.15) is 32.5 Å². The van der Waals surface area contributed by atoms with Crippen LogP contribution in [0.2, 0.25) is 0 Å². The van der Waals surface area contributed by atoms with E-state index in [1.54, 1.807) is 0 Å². The van der Waals surface area contributed by atoms with Crippen molar-refractivity contribution >= 4 is 5.91 Å². The summed E-state index contributed by atoms with van der Waals surface area (Å²) in [5, 5.41) is 15.8. The zero-order valence-electron chi connectivity index (χ0n) is 8.95. The monoisotopic (exact) mass is 212 g/mol. The average molecular weight is 212 g/mol. The van der Waals surface area contributed by atoms with E-state index in [1.165, 1.54) is 0 Å². The molecule has 0 aliphatic heterocycles. The van der Waals surface area contributed by atoms with Crippen LogP contribution in [0.25, 0.3) is 0 Å². The zero-order chi connectivity index (χ0) is 11.3. The number of aromatic nitrogens is 4. The predicted molar refractivity (Wildman–Crippen MR) is 53.5 cm³/mol. The summed E-state index contributed by atoms with van der Waals surface area (Å²) in [6.07, 6.45) is 1.05. The van der Waals surface area contributed by atoms with Crippen LogP contribution in [0, 0.1) is 0 Å². The Labute approximate surface area is 87.8 Å². The van der Waals surface area contributed by atoms with Crippen LogP contribution in [0.15, 0.2) is 0 Å². The van der Waals surface area contributed by atoms with Crippen molar-refractivity contribution in [1.82, 2.24) is 25.9 Å². The molecular formula is C8H16N6O. The highest BCUT2D eigenvalue weighted by Crippen LogP contribution is 2.06. The molecule has 1 rings (SSSR count). The number of carbonyl (C=O) groups excluding carboxylic acids is 1. The molecule has 0 atom stereocenters. The van der Waals surface area contributed by atoms with Crippen molar-refractivity contribution < 1.29 is 4.79 Å². The Morgan fingerprint density at radius 2 is 2.33 bits per heavy atom. The molecule has 0 radical (unpaired) electrons. The second-order valence-corrected chi connectivity index (χ2v) is 4.09. The number of amides is 1. The quantitative estimate of drug-likeness (QED) is 0.599. The molecule has 1 aromatic heterocycles. The predicted octanol–water partition coefficient (Wildman–Crippen LogP) is -0.667. The molecule has 0 spiro atoms. The molecule has 1 heterocycles. The van der Waals surface area contributed by atoms with Gasteiger partial charge in [-0.2, -0.15) is 5.21 Å². The lowest BCUT2D eigenvalue weighted by atomic mass is 10.00. The molecule has 7 nitrogen and oxygen atoms in total. The van der Waals surface area contributed by atoms with Gasteiger partial charge in [0, 0.05) is 12.0 Å². The minimum atomic E-state index is -0.316. The number of tetrazole rings is 1. The van der Waals surface area contributed by atoms with Crippen molar-refractivity contribution in [2.24, 2.45) is 5.73 Å². The third-order valence-electron chi connectivity index (χ3n) is 1.83. The Kier molecular flexibility index (Phi) is 3.73. The summed E-state index contributed by atoms with van der Waals surface area (Å²) in [5.41, 5.74) is 5.44. The number of carbonyl (C=O) groups is 1. The van der Waals surface area contributed by atoms with Gasteiger partial charge < -0.3 is 11.1 Å². The van der Waals surface area contributed by atoms with Gasteiger partial charge in [0.2, 0.25) is 5.91 Å². The summed E-state index contributed by atoms with van der Waals surface area (Å²) in [6, 6.07) is 0. The van der Waals surface area contributed by atoms with E-state index in [4.69, 9.17) is 5.73 Å². The third-order valence-corrected chi connectivity index (χ3v) is 1.83. The topological polar surface area (TPSA) is 110 Å². The summed E-state index contributed by atoms with van der Waals surface area (Å²) >= 11 is 0. The smallest absolute Gasteiger partial charge is 0.220 e. The molecule has 4 N–H and O–H groups in total. The Bertz CT molecular complexity index is 301. The number of aromatic amines is 1. The molecule has 0 unspecified atom stereocenters. The molecule has 0 aromatic carbocycles. The molecule has 0 fully saturated rings. The molecule has 0 aliphatic rings. The van der Waals surface area contributed by atoms with E-state index in [2.05, 4.69) is 25.9 Å². The van der Waals surface area contributed by atoms with Crippen molar-refractivity contribution in [1.29, 1.82) is 0 Å². The second-order valence-electron chi connectivity index (χ2n) is 4.09. The SMILES string of the molecule is CC(C)(N)CCC(=O)NCc1nn[nH]n1. The van der Waals surface area contributed by atoms with Crippen LogP contribution >= 0.6 is 0 Å². The van der Waals surface area contributed by atoms with E-state index in [1.807, 2.05) is 13.8 Å². The van der Waals surface area contributed by atoms with Crippen LogP contribution in [0.3, 0.4) is 0 Å². The van der Waals surface area contributed by atoms with Gasteiger partial charge in [0.1, 0.15) is 0 Å². The highest BCUT2D eigenvalue weighted by molar-refractivity contribution is 5.75. The van der Waals surface area contributed by atoms with Crippen molar-refractivity contribution in [3.05, 3.63) is 5.82 Å². The van der Waals surface area contributed by atoms with Gasteiger partial charge in [-0.15, -0.1) is 10.2 Å². The Morgan fingerprint density at radius 3 is 2.87 bits per heavy atom. The second kappa shape index (κ2) is 4.83. The maximum Gasteiger partial charge on any atom is 0.220 e. The summed E-state index contributed by atoms with van der Waals surface area (Å²) in [6.45, 7) is 4.07. The fourth-order valence-corrected chi connectivity index (χ4v) is 0.959. The maximum atomic E-state index is 11.3. The fourth-order valence-electron chi connectivity index (χ4n) is 0.959. The molecule has 1 amide bonds. The van der Waals surface area contributed by atoms with Crippen LogP contribution in [0.4, 0.5) is 0 Å². The Hall–Kier alpha value is -1.50. The van der Waals surface area contributed by atoms with Crippen molar-refractivity contribution in [3.8, 4) is 0 Å². The summed E-state index contributed by atoms with van der Waals surface area (Å²) < 4.78 is 0. The lowest BCUT2D eigenvalue weighted by molar-refractivity contribution is -0.121. The number of rotatable bonds is 5. The third kappa shape index (κ3) is 5.06. The van der Waals surface area contributed by atoms with E-state index in [0.29, 0.717) is 25.2 Å². The van der Waals surface area contributed by atoms with Crippen molar-refractivity contribution in [2.75, 3.05) is 0 Å². The zero-order valence-corrected chi connectivity index (χ0v) is 8.95. The molecule has 0 saturated carbocycles. The van der Waals surface area contributed by atoms with Crippen LogP contribution < -0.4 is 11.1 Å². The van der Waals surface area contributed by atoms with E-state index < -0.39 is 0 Å². The normalized spacial score (nSPS) is 11.4. The number of nitrogens with two attached hydrogens (primary N) is 1. The van der Waals surface area contributed by atoms with Gasteiger partial charge in [0.15, 0.2) is 5.82 Å². The molecule has 7 heteroatoms. The molecule has 1 aromatic rings. The number of hydrogen-bond acceptors (Lipinski definition) is 5. The summed E-state index contributed by atoms with van der Waals surface area (Å²) in [4.78, 5) is 11.3. The minimum Gasteiger partial charge on any atom is -0.349 e. The van der Waals surface area contributed by atoms with E-state index in [9.17, 15) is 4.79 Å². The van der Waals surface area contributed by atoms with Gasteiger partial charge in [-0.05, 0) is 20.3 Å². The lowest BCUT2D eigenvalue weighted by Gasteiger charge is -2.17. The number of nitrogens with one attached hydrogen (secondary N) is 2. The fraction of sp³-hybridized carbons (Fsp3) is 0.750. The van der Waals surface area contributed by atoms with Crippen LogP contribution in [-0.2, 0) is 11.3 Å². The van der Waals surface area contributed by atoms with E-state index in [-0.39, 0.29) is 11.4 Å². The molecule has 0 bridgehead atoms. The van der Waals surface area contributed by atoms with Crippen molar-refractivity contribution in [3.63, 3.8) is 0 Å². The molecular weight excluding hydrogens is 196 g/mol. The van der Waals surface area contributed by atoms with Gasteiger partial charge in [0.05, 0.1) is 6.54 Å². The first-order valence-corrected chi connectivity index (χ1v) is 4.75. The highest BCUT2D eigenvalue weighted by Gasteiger charge is 2.13. The minimum absolute atomic E-state index is 0.0571.